The topological polar surface area (TPSA) is 55.4 Å². The summed E-state index contributed by atoms with van der Waals surface area (Å²) in [6.07, 6.45) is 0. The van der Waals surface area contributed by atoms with Gasteiger partial charge in [0.15, 0.2) is 6.61 Å². The van der Waals surface area contributed by atoms with E-state index < -0.39 is 24.3 Å². The fourth-order valence-corrected chi connectivity index (χ4v) is 1.81. The molecule has 0 saturated carbocycles. The standard InChI is InChI=1S/C15H11BrFNO3/c16-11-7-5-10(6-8-11)15(20)21-9-14(19)18-13-4-2-1-3-12(13)17/h1-8H,9H2,(H,18,19). The van der Waals surface area contributed by atoms with Crippen LogP contribution in [0.1, 0.15) is 10.4 Å². The summed E-state index contributed by atoms with van der Waals surface area (Å²) in [6, 6.07) is 12.3. The van der Waals surface area contributed by atoms with Crippen LogP contribution in [-0.4, -0.2) is 18.5 Å². The highest BCUT2D eigenvalue weighted by Crippen LogP contribution is 2.13. The van der Waals surface area contributed by atoms with E-state index in [0.29, 0.717) is 5.56 Å². The van der Waals surface area contributed by atoms with Crippen molar-refractivity contribution in [1.82, 2.24) is 0 Å². The lowest BCUT2D eigenvalue weighted by atomic mass is 10.2. The van der Waals surface area contributed by atoms with Gasteiger partial charge in [-0.3, -0.25) is 4.79 Å². The second-order valence-electron chi connectivity index (χ2n) is 4.11. The summed E-state index contributed by atoms with van der Waals surface area (Å²) in [5, 5.41) is 2.33. The number of benzene rings is 2. The number of anilines is 1. The van der Waals surface area contributed by atoms with E-state index in [4.69, 9.17) is 4.74 Å². The van der Waals surface area contributed by atoms with Gasteiger partial charge in [-0.2, -0.15) is 0 Å². The molecule has 2 aromatic carbocycles. The van der Waals surface area contributed by atoms with Crippen LogP contribution in [0.2, 0.25) is 0 Å². The Bertz CT molecular complexity index is 658. The van der Waals surface area contributed by atoms with Gasteiger partial charge < -0.3 is 10.1 Å². The average Bonchev–Trinajstić information content (AvgIpc) is 2.48. The van der Waals surface area contributed by atoms with E-state index in [1.54, 1.807) is 30.3 Å². The molecule has 4 nitrogen and oxygen atoms in total. The van der Waals surface area contributed by atoms with Crippen molar-refractivity contribution < 1.29 is 18.7 Å². The smallest absolute Gasteiger partial charge is 0.338 e. The minimum absolute atomic E-state index is 0.0437. The monoisotopic (exact) mass is 351 g/mol. The predicted octanol–water partition coefficient (Wildman–Crippen LogP) is 3.38. The summed E-state index contributed by atoms with van der Waals surface area (Å²) in [6.45, 7) is -0.483. The van der Waals surface area contributed by atoms with Crippen molar-refractivity contribution in [2.45, 2.75) is 0 Å². The normalized spacial score (nSPS) is 10.0. The molecule has 0 saturated heterocycles. The van der Waals surface area contributed by atoms with Crippen molar-refractivity contribution in [2.24, 2.45) is 0 Å². The van der Waals surface area contributed by atoms with E-state index in [0.717, 1.165) is 4.47 Å². The zero-order valence-corrected chi connectivity index (χ0v) is 12.4. The van der Waals surface area contributed by atoms with E-state index >= 15 is 0 Å². The number of nitrogens with one attached hydrogen (secondary N) is 1. The van der Waals surface area contributed by atoms with Crippen LogP contribution in [-0.2, 0) is 9.53 Å². The number of ether oxygens (including phenoxy) is 1. The predicted molar refractivity (Wildman–Crippen MR) is 79.5 cm³/mol. The lowest BCUT2D eigenvalue weighted by Gasteiger charge is -2.07. The second-order valence-corrected chi connectivity index (χ2v) is 5.03. The van der Waals surface area contributed by atoms with Crippen LogP contribution in [0.4, 0.5) is 10.1 Å². The molecule has 21 heavy (non-hydrogen) atoms. The average molecular weight is 352 g/mol. The molecule has 6 heteroatoms. The first-order valence-corrected chi connectivity index (χ1v) is 6.82. The number of amides is 1. The third-order valence-electron chi connectivity index (χ3n) is 2.56. The summed E-state index contributed by atoms with van der Waals surface area (Å²) in [4.78, 5) is 23.3. The fourth-order valence-electron chi connectivity index (χ4n) is 1.55. The number of carbonyl (C=O) groups excluding carboxylic acids is 2. The van der Waals surface area contributed by atoms with Gasteiger partial charge in [0.1, 0.15) is 5.82 Å². The molecule has 0 aliphatic rings. The molecular formula is C15H11BrFNO3. The van der Waals surface area contributed by atoms with Gasteiger partial charge in [-0.05, 0) is 36.4 Å². The summed E-state index contributed by atoms with van der Waals surface area (Å²) >= 11 is 3.25. The van der Waals surface area contributed by atoms with Crippen LogP contribution in [0.25, 0.3) is 0 Å². The molecule has 0 aliphatic carbocycles. The molecule has 0 bridgehead atoms. The highest BCUT2D eigenvalue weighted by molar-refractivity contribution is 9.10. The Morgan fingerprint density at radius 2 is 1.76 bits per heavy atom. The number of para-hydroxylation sites is 1. The zero-order valence-electron chi connectivity index (χ0n) is 10.8. The number of hydrogen-bond donors (Lipinski definition) is 1. The Morgan fingerprint density at radius 3 is 2.43 bits per heavy atom. The maximum Gasteiger partial charge on any atom is 0.338 e. The first-order valence-electron chi connectivity index (χ1n) is 6.03. The van der Waals surface area contributed by atoms with Gasteiger partial charge in [0.05, 0.1) is 11.3 Å². The van der Waals surface area contributed by atoms with E-state index in [9.17, 15) is 14.0 Å². The first-order chi connectivity index (χ1) is 10.1. The maximum absolute atomic E-state index is 13.3. The number of halogens is 2. The van der Waals surface area contributed by atoms with Gasteiger partial charge >= 0.3 is 5.97 Å². The molecule has 0 heterocycles. The second kappa shape index (κ2) is 6.99. The lowest BCUT2D eigenvalue weighted by Crippen LogP contribution is -2.21. The van der Waals surface area contributed by atoms with Crippen LogP contribution in [0, 0.1) is 5.82 Å². The number of rotatable bonds is 4. The molecule has 1 N–H and O–H groups in total. The van der Waals surface area contributed by atoms with Crippen molar-refractivity contribution in [3.05, 3.63) is 64.4 Å². The number of hydrogen-bond acceptors (Lipinski definition) is 3. The molecule has 1 amide bonds. The first kappa shape index (κ1) is 15.2. The Labute approximate surface area is 129 Å². The van der Waals surface area contributed by atoms with Crippen LogP contribution < -0.4 is 5.32 Å². The molecule has 0 aliphatic heterocycles. The summed E-state index contributed by atoms with van der Waals surface area (Å²) < 4.78 is 19.0. The molecule has 2 rings (SSSR count). The van der Waals surface area contributed by atoms with Crippen LogP contribution in [0.5, 0.6) is 0 Å². The Hall–Kier alpha value is -2.21. The molecular weight excluding hydrogens is 341 g/mol. The molecule has 2 aromatic rings. The van der Waals surface area contributed by atoms with Gasteiger partial charge in [-0.25, -0.2) is 9.18 Å². The van der Waals surface area contributed by atoms with Crippen molar-refractivity contribution >= 4 is 33.5 Å². The molecule has 0 atom stereocenters. The summed E-state index contributed by atoms with van der Waals surface area (Å²) in [5.74, 6) is -1.78. The van der Waals surface area contributed by atoms with E-state index in [-0.39, 0.29) is 5.69 Å². The minimum atomic E-state index is -0.619. The molecule has 0 radical (unpaired) electrons. The van der Waals surface area contributed by atoms with Gasteiger partial charge in [-0.15, -0.1) is 0 Å². The summed E-state index contributed by atoms with van der Waals surface area (Å²) in [7, 11) is 0. The Morgan fingerprint density at radius 1 is 1.10 bits per heavy atom. The van der Waals surface area contributed by atoms with Crippen LogP contribution in [0.3, 0.4) is 0 Å². The van der Waals surface area contributed by atoms with Crippen molar-refractivity contribution in [1.29, 1.82) is 0 Å². The highest BCUT2D eigenvalue weighted by atomic mass is 79.9. The third-order valence-corrected chi connectivity index (χ3v) is 3.09. The highest BCUT2D eigenvalue weighted by Gasteiger charge is 2.11. The van der Waals surface area contributed by atoms with Crippen molar-refractivity contribution in [3.63, 3.8) is 0 Å². The molecule has 108 valence electrons. The van der Waals surface area contributed by atoms with Crippen molar-refractivity contribution in [3.8, 4) is 0 Å². The number of esters is 1. The Kier molecular flexibility index (Phi) is 5.05. The van der Waals surface area contributed by atoms with Gasteiger partial charge in [-0.1, -0.05) is 28.1 Å². The molecule has 0 aromatic heterocycles. The van der Waals surface area contributed by atoms with E-state index in [1.807, 2.05) is 0 Å². The molecule has 0 spiro atoms. The van der Waals surface area contributed by atoms with Crippen LogP contribution >= 0.6 is 15.9 Å². The molecule has 0 fully saturated rings. The largest absolute Gasteiger partial charge is 0.452 e. The van der Waals surface area contributed by atoms with E-state index in [1.165, 1.54) is 18.2 Å². The third kappa shape index (κ3) is 4.39. The number of carbonyl (C=O) groups is 2. The Balaban J connectivity index is 1.88. The molecule has 0 unspecified atom stereocenters. The minimum Gasteiger partial charge on any atom is -0.452 e. The summed E-state index contributed by atoms with van der Waals surface area (Å²) in [5.41, 5.74) is 0.374. The van der Waals surface area contributed by atoms with Gasteiger partial charge in [0.2, 0.25) is 0 Å². The van der Waals surface area contributed by atoms with Gasteiger partial charge in [0.25, 0.3) is 5.91 Å². The maximum atomic E-state index is 13.3. The lowest BCUT2D eigenvalue weighted by molar-refractivity contribution is -0.119. The zero-order chi connectivity index (χ0) is 15.2. The van der Waals surface area contributed by atoms with Crippen LogP contribution in [0.15, 0.2) is 53.0 Å². The van der Waals surface area contributed by atoms with Crippen molar-refractivity contribution in [2.75, 3.05) is 11.9 Å². The quantitative estimate of drug-likeness (QED) is 0.859. The SMILES string of the molecule is O=C(COC(=O)c1ccc(Br)cc1)Nc1ccccc1F. The van der Waals surface area contributed by atoms with E-state index in [2.05, 4.69) is 21.2 Å². The fraction of sp³-hybridized carbons (Fsp3) is 0.0667. The van der Waals surface area contributed by atoms with Gasteiger partial charge in [0, 0.05) is 4.47 Å².